The van der Waals surface area contributed by atoms with Gasteiger partial charge < -0.3 is 10.2 Å². The zero-order valence-electron chi connectivity index (χ0n) is 10.0. The second-order valence-electron chi connectivity index (χ2n) is 4.08. The van der Waals surface area contributed by atoms with Crippen molar-refractivity contribution >= 4 is 18.5 Å². The molecule has 0 aliphatic carbocycles. The molecule has 0 saturated carbocycles. The van der Waals surface area contributed by atoms with Crippen molar-refractivity contribution in [1.82, 2.24) is 10.2 Å². The number of rotatable bonds is 5. The van der Waals surface area contributed by atoms with Crippen LogP contribution in [-0.4, -0.2) is 38.0 Å². The van der Waals surface area contributed by atoms with Gasteiger partial charge in [-0.2, -0.15) is 0 Å². The van der Waals surface area contributed by atoms with Crippen LogP contribution in [0.4, 0.5) is 4.39 Å². The van der Waals surface area contributed by atoms with Crippen molar-refractivity contribution in [3.8, 4) is 0 Å². The van der Waals surface area contributed by atoms with E-state index in [2.05, 4.69) is 17.9 Å². The van der Waals surface area contributed by atoms with Crippen LogP contribution in [0.5, 0.6) is 0 Å². The lowest BCUT2D eigenvalue weighted by Crippen LogP contribution is -2.27. The molecule has 3 nitrogen and oxygen atoms in total. The fourth-order valence-corrected chi connectivity index (χ4v) is 1.58. The Bertz CT molecular complexity index is 396. The number of amides is 1. The first-order valence-electron chi connectivity index (χ1n) is 5.42. The van der Waals surface area contributed by atoms with Crippen molar-refractivity contribution in [1.29, 1.82) is 0 Å². The van der Waals surface area contributed by atoms with Crippen LogP contribution in [0.15, 0.2) is 23.1 Å². The van der Waals surface area contributed by atoms with E-state index in [-0.39, 0.29) is 5.56 Å². The fraction of sp³-hybridized carbons (Fsp3) is 0.417. The van der Waals surface area contributed by atoms with E-state index in [1.54, 1.807) is 0 Å². The summed E-state index contributed by atoms with van der Waals surface area (Å²) in [7, 11) is 3.93. The van der Waals surface area contributed by atoms with Crippen LogP contribution in [0.1, 0.15) is 16.8 Å². The Morgan fingerprint density at radius 1 is 1.47 bits per heavy atom. The number of carbonyl (C=O) groups excluding carboxylic acids is 1. The molecule has 1 aromatic rings. The van der Waals surface area contributed by atoms with Gasteiger partial charge in [0.2, 0.25) is 0 Å². The lowest BCUT2D eigenvalue weighted by atomic mass is 10.2. The Labute approximate surface area is 106 Å². The number of carbonyl (C=O) groups is 1. The van der Waals surface area contributed by atoms with Gasteiger partial charge in [-0.3, -0.25) is 4.79 Å². The predicted octanol–water partition coefficient (Wildman–Crippen LogP) is 1.80. The van der Waals surface area contributed by atoms with Gasteiger partial charge in [0.05, 0.1) is 5.56 Å². The summed E-state index contributed by atoms with van der Waals surface area (Å²) in [6.45, 7) is 1.42. The largest absolute Gasteiger partial charge is 0.352 e. The summed E-state index contributed by atoms with van der Waals surface area (Å²) in [4.78, 5) is 14.3. The Hall–Kier alpha value is -1.07. The second-order valence-corrected chi connectivity index (χ2v) is 4.59. The minimum atomic E-state index is -0.520. The molecule has 0 aromatic heterocycles. The molecule has 0 bridgehead atoms. The third-order valence-corrected chi connectivity index (χ3v) is 2.54. The molecule has 0 radical (unpaired) electrons. The molecule has 0 spiro atoms. The third-order valence-electron chi connectivity index (χ3n) is 2.26. The highest BCUT2D eigenvalue weighted by Crippen LogP contribution is 2.13. The number of halogens is 1. The molecule has 0 aliphatic rings. The van der Waals surface area contributed by atoms with Crippen LogP contribution >= 0.6 is 12.6 Å². The number of hydrogen-bond donors (Lipinski definition) is 2. The quantitative estimate of drug-likeness (QED) is 0.622. The molecule has 0 heterocycles. The minimum Gasteiger partial charge on any atom is -0.352 e. The second kappa shape index (κ2) is 6.61. The maximum atomic E-state index is 13.4. The lowest BCUT2D eigenvalue weighted by molar-refractivity contribution is 0.0948. The van der Waals surface area contributed by atoms with E-state index in [1.165, 1.54) is 18.2 Å². The number of nitrogens with one attached hydrogen (secondary N) is 1. The van der Waals surface area contributed by atoms with Gasteiger partial charge in [0.15, 0.2) is 0 Å². The van der Waals surface area contributed by atoms with Gasteiger partial charge >= 0.3 is 0 Å². The summed E-state index contributed by atoms with van der Waals surface area (Å²) in [5.74, 6) is -0.912. The van der Waals surface area contributed by atoms with Gasteiger partial charge in [-0.15, -0.1) is 12.6 Å². The number of nitrogens with zero attached hydrogens (tertiary/aromatic N) is 1. The number of benzene rings is 1. The van der Waals surface area contributed by atoms with Crippen LogP contribution in [0, 0.1) is 5.82 Å². The Morgan fingerprint density at radius 3 is 2.82 bits per heavy atom. The van der Waals surface area contributed by atoms with E-state index in [9.17, 15) is 9.18 Å². The van der Waals surface area contributed by atoms with Gasteiger partial charge in [-0.1, -0.05) is 0 Å². The van der Waals surface area contributed by atoms with E-state index in [1.807, 2.05) is 19.0 Å². The maximum absolute atomic E-state index is 13.4. The monoisotopic (exact) mass is 256 g/mol. The molecular formula is C12H17FN2OS. The average molecular weight is 256 g/mol. The van der Waals surface area contributed by atoms with Gasteiger partial charge in [-0.05, 0) is 45.3 Å². The van der Waals surface area contributed by atoms with Crippen LogP contribution in [0.2, 0.25) is 0 Å². The Kier molecular flexibility index (Phi) is 5.44. The first-order valence-corrected chi connectivity index (χ1v) is 5.87. The van der Waals surface area contributed by atoms with E-state index < -0.39 is 11.7 Å². The van der Waals surface area contributed by atoms with E-state index in [4.69, 9.17) is 0 Å². The van der Waals surface area contributed by atoms with Crippen molar-refractivity contribution in [3.05, 3.63) is 29.6 Å². The molecule has 1 rings (SSSR count). The van der Waals surface area contributed by atoms with E-state index >= 15 is 0 Å². The highest BCUT2D eigenvalue weighted by Gasteiger charge is 2.11. The molecule has 0 saturated heterocycles. The van der Waals surface area contributed by atoms with Gasteiger partial charge in [-0.25, -0.2) is 4.39 Å². The zero-order chi connectivity index (χ0) is 12.8. The number of thiol groups is 1. The molecule has 17 heavy (non-hydrogen) atoms. The Balaban J connectivity index is 2.49. The minimum absolute atomic E-state index is 0.0438. The van der Waals surface area contributed by atoms with Crippen LogP contribution < -0.4 is 5.32 Å². The SMILES string of the molecule is CN(C)CCCNC(=O)c1cc(S)ccc1F. The van der Waals surface area contributed by atoms with Gasteiger partial charge in [0.1, 0.15) is 5.82 Å². The van der Waals surface area contributed by atoms with Crippen LogP contribution in [0.3, 0.4) is 0 Å². The van der Waals surface area contributed by atoms with Crippen molar-refractivity contribution in [2.75, 3.05) is 27.2 Å². The summed E-state index contributed by atoms with van der Waals surface area (Å²) >= 11 is 4.08. The summed E-state index contributed by atoms with van der Waals surface area (Å²) < 4.78 is 13.4. The zero-order valence-corrected chi connectivity index (χ0v) is 10.9. The molecule has 0 unspecified atom stereocenters. The molecule has 0 aliphatic heterocycles. The lowest BCUT2D eigenvalue weighted by Gasteiger charge is -2.10. The molecule has 1 aromatic carbocycles. The van der Waals surface area contributed by atoms with Crippen molar-refractivity contribution < 1.29 is 9.18 Å². The highest BCUT2D eigenvalue weighted by molar-refractivity contribution is 7.80. The van der Waals surface area contributed by atoms with Gasteiger partial charge in [0.25, 0.3) is 5.91 Å². The van der Waals surface area contributed by atoms with E-state index in [0.717, 1.165) is 13.0 Å². The molecule has 0 atom stereocenters. The molecule has 1 N–H and O–H groups in total. The molecule has 0 fully saturated rings. The Morgan fingerprint density at radius 2 is 2.18 bits per heavy atom. The molecule has 94 valence electrons. The standard InChI is InChI=1S/C12H17FN2OS/c1-15(2)7-3-6-14-12(16)10-8-9(17)4-5-11(10)13/h4-5,8,17H,3,6-7H2,1-2H3,(H,14,16). The third kappa shape index (κ3) is 4.75. The van der Waals surface area contributed by atoms with Gasteiger partial charge in [0, 0.05) is 11.4 Å². The summed E-state index contributed by atoms with van der Waals surface area (Å²) in [6, 6.07) is 4.19. The number of hydrogen-bond acceptors (Lipinski definition) is 3. The molecular weight excluding hydrogens is 239 g/mol. The fourth-order valence-electron chi connectivity index (χ4n) is 1.38. The summed E-state index contributed by atoms with van der Waals surface area (Å²) in [6.07, 6.45) is 0.834. The van der Waals surface area contributed by atoms with Crippen LogP contribution in [0.25, 0.3) is 0 Å². The summed E-state index contributed by atoms with van der Waals surface area (Å²) in [5, 5.41) is 2.68. The van der Waals surface area contributed by atoms with E-state index in [0.29, 0.717) is 11.4 Å². The average Bonchev–Trinajstić information content (AvgIpc) is 2.27. The first-order chi connectivity index (χ1) is 8.00. The smallest absolute Gasteiger partial charge is 0.254 e. The predicted molar refractivity (Wildman–Crippen MR) is 69.2 cm³/mol. The van der Waals surface area contributed by atoms with Crippen molar-refractivity contribution in [3.63, 3.8) is 0 Å². The topological polar surface area (TPSA) is 32.3 Å². The van der Waals surface area contributed by atoms with Crippen LogP contribution in [-0.2, 0) is 0 Å². The normalized spacial score (nSPS) is 10.6. The van der Waals surface area contributed by atoms with Crippen molar-refractivity contribution in [2.45, 2.75) is 11.3 Å². The maximum Gasteiger partial charge on any atom is 0.254 e. The highest BCUT2D eigenvalue weighted by atomic mass is 32.1. The molecule has 1 amide bonds. The first kappa shape index (κ1) is 14.0. The van der Waals surface area contributed by atoms with Crippen molar-refractivity contribution in [2.24, 2.45) is 0 Å². The molecule has 5 heteroatoms. The summed E-state index contributed by atoms with van der Waals surface area (Å²) in [5.41, 5.74) is 0.0438.